The largest absolute Gasteiger partial charge is 0.271 e. The molecule has 0 aliphatic heterocycles. The first-order chi connectivity index (χ1) is 8.61. The van der Waals surface area contributed by atoms with Gasteiger partial charge in [0.15, 0.2) is 0 Å². The number of nitrogens with two attached hydrogens (primary N) is 1. The number of nitrogens with one attached hydrogen (secondary N) is 1. The molecule has 18 heavy (non-hydrogen) atoms. The third-order valence-corrected chi connectivity index (χ3v) is 5.47. The van der Waals surface area contributed by atoms with Gasteiger partial charge in [-0.1, -0.05) is 0 Å². The van der Waals surface area contributed by atoms with Crippen LogP contribution in [0.2, 0.25) is 0 Å². The van der Waals surface area contributed by atoms with Crippen LogP contribution in [0.1, 0.15) is 16.6 Å². The number of pyridine rings is 1. The fraction of sp³-hybridized carbons (Fsp3) is 0.182. The standard InChI is InChI=1S/C11H10Br3N3S/c12-6-3-8(14)11(16-5-6)9(17-15)4-10-7(13)1-2-18-10/h1-3,5,9,17H,4,15H2. The van der Waals surface area contributed by atoms with E-state index in [4.69, 9.17) is 5.84 Å². The molecule has 0 saturated heterocycles. The number of aromatic nitrogens is 1. The van der Waals surface area contributed by atoms with Crippen molar-refractivity contribution < 1.29 is 0 Å². The Labute approximate surface area is 135 Å². The van der Waals surface area contributed by atoms with Crippen LogP contribution in [-0.4, -0.2) is 4.98 Å². The van der Waals surface area contributed by atoms with Crippen LogP contribution in [0, 0.1) is 0 Å². The lowest BCUT2D eigenvalue weighted by Gasteiger charge is -2.16. The Balaban J connectivity index is 2.26. The van der Waals surface area contributed by atoms with Crippen molar-refractivity contribution >= 4 is 59.1 Å². The first kappa shape index (κ1) is 14.6. The smallest absolute Gasteiger partial charge is 0.0732 e. The lowest BCUT2D eigenvalue weighted by molar-refractivity contribution is 0.538. The molecule has 2 aromatic heterocycles. The normalized spacial score (nSPS) is 12.7. The van der Waals surface area contributed by atoms with Gasteiger partial charge in [0.05, 0.1) is 11.7 Å². The molecule has 0 amide bonds. The highest BCUT2D eigenvalue weighted by Gasteiger charge is 2.17. The highest BCUT2D eigenvalue weighted by atomic mass is 79.9. The second kappa shape index (κ2) is 6.58. The maximum atomic E-state index is 5.65. The monoisotopic (exact) mass is 453 g/mol. The molecular formula is C11H10Br3N3S. The molecule has 0 aliphatic carbocycles. The molecule has 7 heteroatoms. The zero-order valence-electron chi connectivity index (χ0n) is 9.16. The summed E-state index contributed by atoms with van der Waals surface area (Å²) >= 11 is 12.1. The van der Waals surface area contributed by atoms with E-state index in [2.05, 4.69) is 63.6 Å². The predicted octanol–water partition coefficient (Wildman–Crippen LogP) is 4.18. The van der Waals surface area contributed by atoms with E-state index in [1.807, 2.05) is 12.1 Å². The van der Waals surface area contributed by atoms with Crippen molar-refractivity contribution in [2.24, 2.45) is 5.84 Å². The fourth-order valence-corrected chi connectivity index (χ4v) is 4.40. The van der Waals surface area contributed by atoms with E-state index < -0.39 is 0 Å². The number of hydrogen-bond acceptors (Lipinski definition) is 4. The summed E-state index contributed by atoms with van der Waals surface area (Å²) in [5.74, 6) is 5.65. The third kappa shape index (κ3) is 3.40. The van der Waals surface area contributed by atoms with Crippen LogP contribution in [-0.2, 0) is 6.42 Å². The highest BCUT2D eigenvalue weighted by Crippen LogP contribution is 2.30. The summed E-state index contributed by atoms with van der Waals surface area (Å²) in [4.78, 5) is 5.66. The quantitative estimate of drug-likeness (QED) is 0.537. The van der Waals surface area contributed by atoms with Crippen molar-refractivity contribution in [3.8, 4) is 0 Å². The van der Waals surface area contributed by atoms with Crippen LogP contribution in [0.3, 0.4) is 0 Å². The van der Waals surface area contributed by atoms with E-state index in [9.17, 15) is 0 Å². The topological polar surface area (TPSA) is 50.9 Å². The second-order valence-corrected chi connectivity index (χ2v) is 7.26. The van der Waals surface area contributed by atoms with Crippen molar-refractivity contribution in [1.82, 2.24) is 10.4 Å². The average Bonchev–Trinajstić information content (AvgIpc) is 2.73. The molecule has 0 radical (unpaired) electrons. The summed E-state index contributed by atoms with van der Waals surface area (Å²) in [6.45, 7) is 0. The summed E-state index contributed by atoms with van der Waals surface area (Å²) in [6.07, 6.45) is 2.57. The molecule has 96 valence electrons. The molecule has 3 nitrogen and oxygen atoms in total. The molecule has 0 bridgehead atoms. The van der Waals surface area contributed by atoms with E-state index in [-0.39, 0.29) is 6.04 Å². The number of nitrogens with zero attached hydrogens (tertiary/aromatic N) is 1. The van der Waals surface area contributed by atoms with Crippen molar-refractivity contribution in [2.75, 3.05) is 0 Å². The van der Waals surface area contributed by atoms with Gasteiger partial charge in [-0.25, -0.2) is 0 Å². The summed E-state index contributed by atoms with van der Waals surface area (Å²) in [7, 11) is 0. The van der Waals surface area contributed by atoms with Gasteiger partial charge in [0.1, 0.15) is 0 Å². The van der Waals surface area contributed by atoms with Gasteiger partial charge in [-0.2, -0.15) is 0 Å². The Kier molecular flexibility index (Phi) is 5.35. The van der Waals surface area contributed by atoms with Gasteiger partial charge >= 0.3 is 0 Å². The minimum absolute atomic E-state index is 0.0255. The maximum absolute atomic E-state index is 5.65. The van der Waals surface area contributed by atoms with Gasteiger partial charge in [-0.15, -0.1) is 11.3 Å². The van der Waals surface area contributed by atoms with Gasteiger partial charge in [0.2, 0.25) is 0 Å². The third-order valence-electron chi connectivity index (χ3n) is 2.45. The van der Waals surface area contributed by atoms with Gasteiger partial charge < -0.3 is 0 Å². The van der Waals surface area contributed by atoms with Gasteiger partial charge in [-0.3, -0.25) is 16.3 Å². The van der Waals surface area contributed by atoms with E-state index in [0.717, 1.165) is 25.5 Å². The predicted molar refractivity (Wildman–Crippen MR) is 85.4 cm³/mol. The maximum Gasteiger partial charge on any atom is 0.0732 e. The highest BCUT2D eigenvalue weighted by molar-refractivity contribution is 9.11. The Morgan fingerprint density at radius 1 is 1.33 bits per heavy atom. The van der Waals surface area contributed by atoms with Crippen LogP contribution in [0.25, 0.3) is 0 Å². The van der Waals surface area contributed by atoms with Crippen molar-refractivity contribution in [2.45, 2.75) is 12.5 Å². The number of thiophene rings is 1. The molecule has 2 heterocycles. The fourth-order valence-electron chi connectivity index (χ4n) is 1.57. The van der Waals surface area contributed by atoms with E-state index in [0.29, 0.717) is 0 Å². The summed E-state index contributed by atoms with van der Waals surface area (Å²) < 4.78 is 2.99. The van der Waals surface area contributed by atoms with E-state index in [1.165, 1.54) is 4.88 Å². The minimum atomic E-state index is -0.0255. The van der Waals surface area contributed by atoms with Gasteiger partial charge in [0, 0.05) is 30.9 Å². The lowest BCUT2D eigenvalue weighted by atomic mass is 10.1. The van der Waals surface area contributed by atoms with Crippen LogP contribution in [0.4, 0.5) is 0 Å². The molecule has 2 rings (SSSR count). The Bertz CT molecular complexity index is 544. The zero-order chi connectivity index (χ0) is 13.1. The van der Waals surface area contributed by atoms with E-state index >= 15 is 0 Å². The molecule has 2 aromatic rings. The molecular weight excluding hydrogens is 446 g/mol. The van der Waals surface area contributed by atoms with Crippen LogP contribution in [0.5, 0.6) is 0 Å². The second-order valence-electron chi connectivity index (χ2n) is 3.64. The van der Waals surface area contributed by atoms with Crippen LogP contribution >= 0.6 is 59.1 Å². The van der Waals surface area contributed by atoms with Crippen molar-refractivity contribution in [1.29, 1.82) is 0 Å². The molecule has 0 fully saturated rings. The number of rotatable bonds is 4. The first-order valence-corrected chi connectivity index (χ1v) is 8.36. The average molecular weight is 456 g/mol. The summed E-state index contributed by atoms with van der Waals surface area (Å²) in [5, 5.41) is 2.05. The molecule has 0 spiro atoms. The lowest BCUT2D eigenvalue weighted by Crippen LogP contribution is -2.30. The van der Waals surface area contributed by atoms with Gasteiger partial charge in [0.25, 0.3) is 0 Å². The molecule has 0 aliphatic rings. The van der Waals surface area contributed by atoms with Crippen molar-refractivity contribution in [3.05, 3.63) is 47.7 Å². The van der Waals surface area contributed by atoms with Crippen molar-refractivity contribution in [3.63, 3.8) is 0 Å². The Morgan fingerprint density at radius 2 is 2.11 bits per heavy atom. The van der Waals surface area contributed by atoms with E-state index in [1.54, 1.807) is 17.5 Å². The minimum Gasteiger partial charge on any atom is -0.271 e. The SMILES string of the molecule is NNC(Cc1sccc1Br)c1ncc(Br)cc1Br. The number of halogens is 3. The molecule has 0 saturated carbocycles. The molecule has 1 atom stereocenters. The molecule has 1 unspecified atom stereocenters. The summed E-state index contributed by atoms with van der Waals surface area (Å²) in [5.41, 5.74) is 3.73. The molecule has 0 aromatic carbocycles. The first-order valence-electron chi connectivity index (χ1n) is 5.10. The number of hydrogen-bond donors (Lipinski definition) is 2. The Morgan fingerprint density at radius 3 is 2.67 bits per heavy atom. The van der Waals surface area contributed by atoms with Crippen LogP contribution in [0.15, 0.2) is 37.1 Å². The Hall–Kier alpha value is 0.210. The summed E-state index contributed by atoms with van der Waals surface area (Å²) in [6, 6.07) is 3.98. The zero-order valence-corrected chi connectivity index (χ0v) is 14.7. The van der Waals surface area contributed by atoms with Gasteiger partial charge in [-0.05, 0) is 65.3 Å². The molecule has 3 N–H and O–H groups in total. The van der Waals surface area contributed by atoms with Crippen LogP contribution < -0.4 is 11.3 Å². The number of hydrazine groups is 1.